The molecule has 1 heterocycles. The van der Waals surface area contributed by atoms with Crippen LogP contribution in [0.3, 0.4) is 0 Å². The van der Waals surface area contributed by atoms with Crippen LogP contribution in [-0.2, 0) is 0 Å². The first-order chi connectivity index (χ1) is 7.54. The van der Waals surface area contributed by atoms with Crippen molar-refractivity contribution in [1.29, 1.82) is 0 Å². The van der Waals surface area contributed by atoms with Gasteiger partial charge in [-0.05, 0) is 44.0 Å². The lowest BCUT2D eigenvalue weighted by Gasteiger charge is -2.31. The van der Waals surface area contributed by atoms with E-state index in [-0.39, 0.29) is 5.60 Å². The molecule has 2 rings (SSSR count). The van der Waals surface area contributed by atoms with Crippen LogP contribution < -0.4 is 10.5 Å². The van der Waals surface area contributed by atoms with Crippen molar-refractivity contribution < 1.29 is 4.74 Å². The third-order valence-corrected chi connectivity index (χ3v) is 3.10. The van der Waals surface area contributed by atoms with Crippen molar-refractivity contribution in [3.63, 3.8) is 0 Å². The zero-order chi connectivity index (χ0) is 11.8. The first kappa shape index (κ1) is 11.1. The van der Waals surface area contributed by atoms with Crippen LogP contribution in [0, 0.1) is 6.92 Å². The van der Waals surface area contributed by atoms with E-state index in [0.717, 1.165) is 35.4 Å². The van der Waals surface area contributed by atoms with Crippen LogP contribution in [0.1, 0.15) is 37.8 Å². The highest BCUT2D eigenvalue weighted by atomic mass is 16.5. The summed E-state index contributed by atoms with van der Waals surface area (Å²) >= 11 is 0. The molecule has 0 aliphatic carbocycles. The molecule has 1 aliphatic heterocycles. The fourth-order valence-corrected chi connectivity index (χ4v) is 2.12. The second-order valence-corrected chi connectivity index (χ2v) is 4.74. The molecule has 1 unspecified atom stereocenters. The predicted octanol–water partition coefficient (Wildman–Crippen LogP) is 3.54. The molecule has 1 atom stereocenters. The summed E-state index contributed by atoms with van der Waals surface area (Å²) in [5.41, 5.74) is 8.70. The molecule has 2 nitrogen and oxygen atoms in total. The number of benzene rings is 1. The van der Waals surface area contributed by atoms with Gasteiger partial charge in [-0.25, -0.2) is 0 Å². The molecule has 0 saturated heterocycles. The Bertz CT molecular complexity index is 437. The van der Waals surface area contributed by atoms with Gasteiger partial charge in [-0.15, -0.1) is 0 Å². The highest BCUT2D eigenvalue weighted by Crippen LogP contribution is 2.35. The molecule has 86 valence electrons. The zero-order valence-corrected chi connectivity index (χ0v) is 10.2. The summed E-state index contributed by atoms with van der Waals surface area (Å²) in [6, 6.07) is 4.01. The number of rotatable bonds is 2. The highest BCUT2D eigenvalue weighted by molar-refractivity contribution is 5.67. The van der Waals surface area contributed by atoms with E-state index in [0.29, 0.717) is 0 Å². The Balaban J connectivity index is 2.37. The third kappa shape index (κ3) is 1.92. The summed E-state index contributed by atoms with van der Waals surface area (Å²) in [5.74, 6) is 0.949. The quantitative estimate of drug-likeness (QED) is 0.769. The molecule has 0 saturated carbocycles. The van der Waals surface area contributed by atoms with E-state index in [2.05, 4.69) is 26.0 Å². The van der Waals surface area contributed by atoms with Crippen molar-refractivity contribution in [2.45, 2.75) is 39.2 Å². The van der Waals surface area contributed by atoms with Crippen molar-refractivity contribution in [1.82, 2.24) is 0 Å². The summed E-state index contributed by atoms with van der Waals surface area (Å²) in [6.07, 6.45) is 6.40. The topological polar surface area (TPSA) is 35.2 Å². The average molecular weight is 217 g/mol. The summed E-state index contributed by atoms with van der Waals surface area (Å²) < 4.78 is 6.05. The van der Waals surface area contributed by atoms with Crippen molar-refractivity contribution >= 4 is 11.8 Å². The van der Waals surface area contributed by atoms with Crippen LogP contribution in [0.5, 0.6) is 5.75 Å². The van der Waals surface area contributed by atoms with Gasteiger partial charge in [0, 0.05) is 11.3 Å². The van der Waals surface area contributed by atoms with Gasteiger partial charge < -0.3 is 10.5 Å². The van der Waals surface area contributed by atoms with E-state index in [1.54, 1.807) is 0 Å². The Morgan fingerprint density at radius 2 is 2.12 bits per heavy atom. The van der Waals surface area contributed by atoms with Gasteiger partial charge in [0.05, 0.1) is 0 Å². The maximum absolute atomic E-state index is 6.05. The number of hydrogen-bond donors (Lipinski definition) is 1. The van der Waals surface area contributed by atoms with Gasteiger partial charge in [-0.2, -0.15) is 0 Å². The van der Waals surface area contributed by atoms with E-state index in [1.165, 1.54) is 0 Å². The van der Waals surface area contributed by atoms with Crippen LogP contribution in [-0.4, -0.2) is 5.60 Å². The number of fused-ring (bicyclic) bond motifs is 1. The first-order valence-electron chi connectivity index (χ1n) is 5.82. The van der Waals surface area contributed by atoms with Gasteiger partial charge in [0.1, 0.15) is 11.4 Å². The van der Waals surface area contributed by atoms with Crippen molar-refractivity contribution in [2.24, 2.45) is 0 Å². The van der Waals surface area contributed by atoms with Gasteiger partial charge in [0.2, 0.25) is 0 Å². The number of nitrogens with two attached hydrogens (primary N) is 1. The molecule has 0 aromatic heterocycles. The van der Waals surface area contributed by atoms with Gasteiger partial charge in [0.25, 0.3) is 0 Å². The Morgan fingerprint density at radius 1 is 1.38 bits per heavy atom. The molecule has 0 spiro atoms. The molecule has 0 bridgehead atoms. The molecule has 1 aliphatic rings. The summed E-state index contributed by atoms with van der Waals surface area (Å²) in [5, 5.41) is 0. The predicted molar refractivity (Wildman–Crippen MR) is 68.6 cm³/mol. The second-order valence-electron chi connectivity index (χ2n) is 4.74. The lowest BCUT2D eigenvalue weighted by molar-refractivity contribution is 0.126. The second kappa shape index (κ2) is 3.85. The monoisotopic (exact) mass is 217 g/mol. The van der Waals surface area contributed by atoms with Gasteiger partial charge in [-0.3, -0.25) is 0 Å². The Hall–Kier alpha value is -1.44. The number of aryl methyl sites for hydroxylation is 1. The standard InChI is InChI=1S/C14H19NO/c1-4-6-14(3)7-5-11-9-12(15)10(2)8-13(11)16-14/h5,7-9H,4,6,15H2,1-3H3. The molecular weight excluding hydrogens is 198 g/mol. The summed E-state index contributed by atoms with van der Waals surface area (Å²) in [6.45, 7) is 6.31. The Morgan fingerprint density at radius 3 is 2.81 bits per heavy atom. The molecule has 2 N–H and O–H groups in total. The zero-order valence-electron chi connectivity index (χ0n) is 10.2. The molecular formula is C14H19NO. The van der Waals surface area contributed by atoms with Crippen molar-refractivity contribution in [3.05, 3.63) is 29.3 Å². The average Bonchev–Trinajstić information content (AvgIpc) is 2.21. The number of ether oxygens (including phenoxy) is 1. The lowest BCUT2D eigenvalue weighted by Crippen LogP contribution is -2.31. The number of nitrogen functional groups attached to an aromatic ring is 1. The minimum Gasteiger partial charge on any atom is -0.483 e. The van der Waals surface area contributed by atoms with Gasteiger partial charge in [-0.1, -0.05) is 19.4 Å². The maximum atomic E-state index is 6.05. The minimum absolute atomic E-state index is 0.162. The third-order valence-electron chi connectivity index (χ3n) is 3.10. The van der Waals surface area contributed by atoms with Crippen LogP contribution in [0.15, 0.2) is 18.2 Å². The fraction of sp³-hybridized carbons (Fsp3) is 0.429. The lowest BCUT2D eigenvalue weighted by atomic mass is 9.95. The van der Waals surface area contributed by atoms with Crippen LogP contribution >= 0.6 is 0 Å². The molecule has 2 heteroatoms. The normalized spacial score (nSPS) is 22.7. The van der Waals surface area contributed by atoms with E-state index in [1.807, 2.05) is 19.1 Å². The smallest absolute Gasteiger partial charge is 0.128 e. The van der Waals surface area contributed by atoms with E-state index in [4.69, 9.17) is 10.5 Å². The van der Waals surface area contributed by atoms with Crippen LogP contribution in [0.4, 0.5) is 5.69 Å². The van der Waals surface area contributed by atoms with Gasteiger partial charge in [0.15, 0.2) is 0 Å². The van der Waals surface area contributed by atoms with Crippen molar-refractivity contribution in [2.75, 3.05) is 5.73 Å². The van der Waals surface area contributed by atoms with E-state index >= 15 is 0 Å². The number of hydrogen-bond acceptors (Lipinski definition) is 2. The largest absolute Gasteiger partial charge is 0.483 e. The number of anilines is 1. The highest BCUT2D eigenvalue weighted by Gasteiger charge is 2.26. The SMILES string of the molecule is CCCC1(C)C=Cc2cc(N)c(C)cc2O1. The molecule has 0 radical (unpaired) electrons. The van der Waals surface area contributed by atoms with Crippen LogP contribution in [0.25, 0.3) is 6.08 Å². The fourth-order valence-electron chi connectivity index (χ4n) is 2.12. The summed E-state index contributed by atoms with van der Waals surface area (Å²) in [7, 11) is 0. The molecule has 0 fully saturated rings. The Kier molecular flexibility index (Phi) is 2.66. The van der Waals surface area contributed by atoms with Crippen LogP contribution in [0.2, 0.25) is 0 Å². The summed E-state index contributed by atoms with van der Waals surface area (Å²) in [4.78, 5) is 0. The molecule has 0 amide bonds. The van der Waals surface area contributed by atoms with Crippen molar-refractivity contribution in [3.8, 4) is 5.75 Å². The van der Waals surface area contributed by atoms with E-state index in [9.17, 15) is 0 Å². The molecule has 16 heavy (non-hydrogen) atoms. The molecule has 1 aromatic carbocycles. The Labute approximate surface area is 97.1 Å². The minimum atomic E-state index is -0.162. The molecule has 1 aromatic rings. The van der Waals surface area contributed by atoms with Gasteiger partial charge >= 0.3 is 0 Å². The van der Waals surface area contributed by atoms with E-state index < -0.39 is 0 Å². The first-order valence-corrected chi connectivity index (χ1v) is 5.82. The maximum Gasteiger partial charge on any atom is 0.128 e.